The molecule has 18 heavy (non-hydrogen) atoms. The van der Waals surface area contributed by atoms with Gasteiger partial charge in [0, 0.05) is 25.0 Å². The van der Waals surface area contributed by atoms with Gasteiger partial charge in [-0.25, -0.2) is 0 Å². The van der Waals surface area contributed by atoms with Crippen molar-refractivity contribution in [1.29, 1.82) is 0 Å². The number of hydrogen-bond acceptors (Lipinski definition) is 2. The van der Waals surface area contributed by atoms with E-state index in [0.717, 1.165) is 25.7 Å². The Bertz CT molecular complexity index is 278. The van der Waals surface area contributed by atoms with Gasteiger partial charge in [0.25, 0.3) is 0 Å². The average Bonchev–Trinajstić information content (AvgIpc) is 2.26. The molecule has 0 radical (unpaired) electrons. The summed E-state index contributed by atoms with van der Waals surface area (Å²) in [7, 11) is 1.95. The summed E-state index contributed by atoms with van der Waals surface area (Å²) in [6, 6.07) is 0.628. The lowest BCUT2D eigenvalue weighted by Gasteiger charge is -2.36. The van der Waals surface area contributed by atoms with Gasteiger partial charge in [0.15, 0.2) is 0 Å². The Kier molecular flexibility index (Phi) is 5.64. The molecule has 3 heteroatoms. The molecule has 0 saturated heterocycles. The van der Waals surface area contributed by atoms with Crippen LogP contribution in [-0.4, -0.2) is 29.9 Å². The Hall–Kier alpha value is -0.570. The monoisotopic (exact) mass is 254 g/mol. The van der Waals surface area contributed by atoms with Crippen LogP contribution in [0.1, 0.15) is 53.4 Å². The van der Waals surface area contributed by atoms with Crippen molar-refractivity contribution in [3.05, 3.63) is 0 Å². The lowest BCUT2D eigenvalue weighted by atomic mass is 9.77. The third-order valence-electron chi connectivity index (χ3n) is 4.35. The summed E-state index contributed by atoms with van der Waals surface area (Å²) in [6.07, 6.45) is 4.01. The normalized spacial score (nSPS) is 30.3. The van der Waals surface area contributed by atoms with E-state index in [2.05, 4.69) is 27.7 Å². The van der Waals surface area contributed by atoms with E-state index in [1.807, 2.05) is 11.9 Å². The van der Waals surface area contributed by atoms with E-state index in [1.165, 1.54) is 0 Å². The van der Waals surface area contributed by atoms with E-state index in [0.29, 0.717) is 29.8 Å². The summed E-state index contributed by atoms with van der Waals surface area (Å²) in [5.41, 5.74) is 5.96. The molecule has 1 saturated carbocycles. The summed E-state index contributed by atoms with van der Waals surface area (Å²) in [5.74, 6) is 1.56. The second-order valence-corrected chi connectivity index (χ2v) is 6.58. The zero-order valence-electron chi connectivity index (χ0n) is 12.6. The highest BCUT2D eigenvalue weighted by Gasteiger charge is 2.33. The quantitative estimate of drug-likeness (QED) is 0.838. The Morgan fingerprint density at radius 2 is 1.94 bits per heavy atom. The zero-order valence-corrected chi connectivity index (χ0v) is 12.6. The molecule has 1 rings (SSSR count). The van der Waals surface area contributed by atoms with E-state index in [4.69, 9.17) is 5.73 Å². The summed E-state index contributed by atoms with van der Waals surface area (Å²) < 4.78 is 0. The van der Waals surface area contributed by atoms with E-state index < -0.39 is 0 Å². The highest BCUT2D eigenvalue weighted by atomic mass is 16.2. The molecule has 0 aromatic carbocycles. The third-order valence-corrected chi connectivity index (χ3v) is 4.35. The van der Waals surface area contributed by atoms with Gasteiger partial charge < -0.3 is 10.6 Å². The second kappa shape index (κ2) is 6.55. The predicted octanol–water partition coefficient (Wildman–Crippen LogP) is 2.64. The van der Waals surface area contributed by atoms with Crippen molar-refractivity contribution in [3.8, 4) is 0 Å². The van der Waals surface area contributed by atoms with Gasteiger partial charge in [-0.1, -0.05) is 20.8 Å². The molecule has 1 aliphatic rings. The van der Waals surface area contributed by atoms with Crippen molar-refractivity contribution in [2.75, 3.05) is 7.05 Å². The Labute approximate surface area is 112 Å². The summed E-state index contributed by atoms with van der Waals surface area (Å²) >= 11 is 0. The zero-order chi connectivity index (χ0) is 13.9. The number of carbonyl (C=O) groups excluding carboxylic acids is 1. The average molecular weight is 254 g/mol. The molecule has 1 amide bonds. The fraction of sp³-hybridized carbons (Fsp3) is 0.933. The van der Waals surface area contributed by atoms with Gasteiger partial charge in [-0.05, 0) is 44.4 Å². The van der Waals surface area contributed by atoms with Crippen LogP contribution in [0.15, 0.2) is 0 Å². The van der Waals surface area contributed by atoms with Crippen LogP contribution in [0.5, 0.6) is 0 Å². The maximum absolute atomic E-state index is 12.5. The largest absolute Gasteiger partial charge is 0.343 e. The molecule has 0 spiro atoms. The smallest absolute Gasteiger partial charge is 0.225 e. The van der Waals surface area contributed by atoms with Crippen molar-refractivity contribution in [2.24, 2.45) is 23.5 Å². The summed E-state index contributed by atoms with van der Waals surface area (Å²) in [5, 5.41) is 0. The molecular formula is C15H30N2O. The fourth-order valence-corrected chi connectivity index (χ4v) is 3.12. The van der Waals surface area contributed by atoms with Crippen LogP contribution in [0.4, 0.5) is 0 Å². The minimum atomic E-state index is 0.185. The lowest BCUT2D eigenvalue weighted by molar-refractivity contribution is -0.139. The molecule has 1 fully saturated rings. The molecule has 0 aliphatic heterocycles. The van der Waals surface area contributed by atoms with Gasteiger partial charge >= 0.3 is 0 Å². The van der Waals surface area contributed by atoms with Gasteiger partial charge in [-0.15, -0.1) is 0 Å². The standard InChI is InChI=1S/C15H30N2O/c1-10(2)8-12(4)17(5)15(18)14-7-6-13(16)9-11(14)3/h10-14H,6-9,16H2,1-5H3. The van der Waals surface area contributed by atoms with Crippen LogP contribution in [0, 0.1) is 17.8 Å². The van der Waals surface area contributed by atoms with Gasteiger partial charge in [-0.2, -0.15) is 0 Å². The fourth-order valence-electron chi connectivity index (χ4n) is 3.12. The number of nitrogens with zero attached hydrogens (tertiary/aromatic N) is 1. The van der Waals surface area contributed by atoms with Crippen molar-refractivity contribution in [1.82, 2.24) is 4.90 Å². The number of hydrogen-bond donors (Lipinski definition) is 1. The Morgan fingerprint density at radius 3 is 2.44 bits per heavy atom. The minimum Gasteiger partial charge on any atom is -0.343 e. The van der Waals surface area contributed by atoms with Crippen LogP contribution >= 0.6 is 0 Å². The summed E-state index contributed by atoms with van der Waals surface area (Å²) in [6.45, 7) is 8.73. The molecule has 2 N–H and O–H groups in total. The first-order chi connectivity index (χ1) is 8.32. The van der Waals surface area contributed by atoms with Gasteiger partial charge in [-0.3, -0.25) is 4.79 Å². The van der Waals surface area contributed by atoms with E-state index in [1.54, 1.807) is 0 Å². The molecule has 0 heterocycles. The minimum absolute atomic E-state index is 0.185. The van der Waals surface area contributed by atoms with E-state index in [-0.39, 0.29) is 5.92 Å². The molecule has 4 atom stereocenters. The van der Waals surface area contributed by atoms with Gasteiger partial charge in [0.05, 0.1) is 0 Å². The van der Waals surface area contributed by atoms with Crippen LogP contribution in [0.25, 0.3) is 0 Å². The second-order valence-electron chi connectivity index (χ2n) is 6.58. The first kappa shape index (κ1) is 15.5. The molecule has 0 bridgehead atoms. The molecule has 1 aliphatic carbocycles. The number of carbonyl (C=O) groups is 1. The maximum Gasteiger partial charge on any atom is 0.225 e. The van der Waals surface area contributed by atoms with Crippen molar-refractivity contribution < 1.29 is 4.79 Å². The van der Waals surface area contributed by atoms with E-state index >= 15 is 0 Å². The highest BCUT2D eigenvalue weighted by molar-refractivity contribution is 5.79. The number of rotatable bonds is 4. The number of amides is 1. The van der Waals surface area contributed by atoms with Crippen LogP contribution in [0.3, 0.4) is 0 Å². The van der Waals surface area contributed by atoms with Crippen LogP contribution < -0.4 is 5.73 Å². The molecule has 3 nitrogen and oxygen atoms in total. The SMILES string of the molecule is CC(C)CC(C)N(C)C(=O)C1CCC(N)CC1C. The molecule has 0 aromatic rings. The lowest BCUT2D eigenvalue weighted by Crippen LogP contribution is -2.44. The third kappa shape index (κ3) is 3.98. The van der Waals surface area contributed by atoms with Gasteiger partial charge in [0.2, 0.25) is 5.91 Å². The number of nitrogens with two attached hydrogens (primary N) is 1. The first-order valence-corrected chi connectivity index (χ1v) is 7.35. The van der Waals surface area contributed by atoms with Gasteiger partial charge in [0.1, 0.15) is 0 Å². The van der Waals surface area contributed by atoms with Crippen molar-refractivity contribution >= 4 is 5.91 Å². The van der Waals surface area contributed by atoms with E-state index in [9.17, 15) is 4.79 Å². The maximum atomic E-state index is 12.5. The van der Waals surface area contributed by atoms with Crippen molar-refractivity contribution in [2.45, 2.75) is 65.5 Å². The van der Waals surface area contributed by atoms with Crippen LogP contribution in [0.2, 0.25) is 0 Å². The molecule has 4 unspecified atom stereocenters. The highest BCUT2D eigenvalue weighted by Crippen LogP contribution is 2.31. The first-order valence-electron chi connectivity index (χ1n) is 7.35. The topological polar surface area (TPSA) is 46.3 Å². The molecule has 106 valence electrons. The molecular weight excluding hydrogens is 224 g/mol. The summed E-state index contributed by atoms with van der Waals surface area (Å²) in [4.78, 5) is 14.5. The predicted molar refractivity (Wildman–Crippen MR) is 76.2 cm³/mol. The van der Waals surface area contributed by atoms with Crippen molar-refractivity contribution in [3.63, 3.8) is 0 Å². The van der Waals surface area contributed by atoms with Crippen LogP contribution in [-0.2, 0) is 4.79 Å². The molecule has 0 aromatic heterocycles. The Balaban J connectivity index is 2.57. The Morgan fingerprint density at radius 1 is 1.33 bits per heavy atom.